The van der Waals surface area contributed by atoms with Crippen LogP contribution in [0.2, 0.25) is 0 Å². The lowest BCUT2D eigenvalue weighted by Crippen LogP contribution is -1.83. The highest BCUT2D eigenvalue weighted by Gasteiger charge is 2.06. The third-order valence-electron chi connectivity index (χ3n) is 3.04. The average Bonchev–Trinajstić information content (AvgIpc) is 3.03. The van der Waals surface area contributed by atoms with Crippen molar-refractivity contribution in [2.75, 3.05) is 0 Å². The van der Waals surface area contributed by atoms with Crippen LogP contribution in [0.5, 0.6) is 0 Å². The largest absolute Gasteiger partial charge is 0.230 e. The van der Waals surface area contributed by atoms with Crippen molar-refractivity contribution < 1.29 is 4.39 Å². The molecule has 0 bridgehead atoms. The second kappa shape index (κ2) is 6.73. The number of aromatic nitrogens is 1. The summed E-state index contributed by atoms with van der Waals surface area (Å²) in [5.41, 5.74) is 3.54. The van der Waals surface area contributed by atoms with E-state index in [4.69, 9.17) is 5.26 Å². The fourth-order valence-electron chi connectivity index (χ4n) is 1.95. The van der Waals surface area contributed by atoms with Crippen LogP contribution < -0.4 is 0 Å². The van der Waals surface area contributed by atoms with Crippen molar-refractivity contribution in [1.82, 2.24) is 4.98 Å². The number of thioether (sulfide) groups is 1. The smallest absolute Gasteiger partial charge is 0.150 e. The van der Waals surface area contributed by atoms with Crippen LogP contribution >= 0.6 is 23.1 Å². The first-order valence-electron chi connectivity index (χ1n) is 6.58. The lowest BCUT2D eigenvalue weighted by molar-refractivity contribution is 0.628. The van der Waals surface area contributed by atoms with E-state index in [0.29, 0.717) is 5.56 Å². The summed E-state index contributed by atoms with van der Waals surface area (Å²) in [6.45, 7) is 0. The molecule has 5 heteroatoms. The maximum Gasteiger partial charge on any atom is 0.150 e. The van der Waals surface area contributed by atoms with Crippen LogP contribution in [0, 0.1) is 17.1 Å². The number of hydrogen-bond acceptors (Lipinski definition) is 4. The SMILES string of the molecule is N#Cc1cccc(CSc2nc(-c3ccc(F)cc3)cs2)c1. The first kappa shape index (κ1) is 14.8. The van der Waals surface area contributed by atoms with Crippen LogP contribution in [-0.2, 0) is 5.75 Å². The van der Waals surface area contributed by atoms with E-state index < -0.39 is 0 Å². The molecule has 0 amide bonds. The molecule has 22 heavy (non-hydrogen) atoms. The van der Waals surface area contributed by atoms with Crippen LogP contribution in [-0.4, -0.2) is 4.98 Å². The third kappa shape index (κ3) is 3.53. The Morgan fingerprint density at radius 3 is 2.77 bits per heavy atom. The number of nitrogens with zero attached hydrogens (tertiary/aromatic N) is 2. The molecule has 0 N–H and O–H groups in total. The van der Waals surface area contributed by atoms with E-state index in [9.17, 15) is 4.39 Å². The third-order valence-corrected chi connectivity index (χ3v) is 5.13. The molecule has 0 fully saturated rings. The first-order chi connectivity index (χ1) is 10.7. The second-order valence-corrected chi connectivity index (χ2v) is 6.69. The van der Waals surface area contributed by atoms with Gasteiger partial charge in [0, 0.05) is 16.7 Å². The minimum Gasteiger partial charge on any atom is -0.230 e. The number of benzene rings is 2. The monoisotopic (exact) mass is 326 g/mol. The van der Waals surface area contributed by atoms with E-state index in [2.05, 4.69) is 11.1 Å². The maximum absolute atomic E-state index is 12.9. The topological polar surface area (TPSA) is 36.7 Å². The minimum absolute atomic E-state index is 0.244. The molecule has 0 unspecified atom stereocenters. The summed E-state index contributed by atoms with van der Waals surface area (Å²) in [6, 6.07) is 16.1. The standard InChI is InChI=1S/C17H11FN2S2/c18-15-6-4-14(5-7-15)16-11-22-17(20-16)21-10-13-3-1-2-12(8-13)9-19/h1-8,11H,10H2. The molecular formula is C17H11FN2S2. The molecule has 108 valence electrons. The average molecular weight is 326 g/mol. The molecular weight excluding hydrogens is 315 g/mol. The molecule has 2 nitrogen and oxygen atoms in total. The molecule has 0 saturated carbocycles. The molecule has 0 aliphatic carbocycles. The molecule has 0 radical (unpaired) electrons. The van der Waals surface area contributed by atoms with Crippen molar-refractivity contribution in [2.45, 2.75) is 10.1 Å². The Morgan fingerprint density at radius 1 is 1.18 bits per heavy atom. The summed E-state index contributed by atoms with van der Waals surface area (Å²) in [4.78, 5) is 4.56. The van der Waals surface area contributed by atoms with Crippen molar-refractivity contribution in [3.63, 3.8) is 0 Å². The molecule has 3 aromatic rings. The van der Waals surface area contributed by atoms with E-state index in [0.717, 1.165) is 26.9 Å². The van der Waals surface area contributed by atoms with Crippen molar-refractivity contribution in [1.29, 1.82) is 5.26 Å². The van der Waals surface area contributed by atoms with Crippen LogP contribution in [0.15, 0.2) is 58.3 Å². The van der Waals surface area contributed by atoms with Gasteiger partial charge in [0.05, 0.1) is 17.3 Å². The van der Waals surface area contributed by atoms with Gasteiger partial charge in [-0.3, -0.25) is 0 Å². The normalized spacial score (nSPS) is 10.4. The quantitative estimate of drug-likeness (QED) is 0.625. The van der Waals surface area contributed by atoms with Gasteiger partial charge in [-0.15, -0.1) is 11.3 Å². The zero-order chi connectivity index (χ0) is 15.4. The fourth-order valence-corrected chi connectivity index (χ4v) is 3.73. The van der Waals surface area contributed by atoms with Crippen LogP contribution in [0.25, 0.3) is 11.3 Å². The first-order valence-corrected chi connectivity index (χ1v) is 8.44. The number of nitriles is 1. The van der Waals surface area contributed by atoms with Gasteiger partial charge in [0.15, 0.2) is 4.34 Å². The van der Waals surface area contributed by atoms with Gasteiger partial charge in [-0.25, -0.2) is 9.37 Å². The Morgan fingerprint density at radius 2 is 2.00 bits per heavy atom. The lowest BCUT2D eigenvalue weighted by atomic mass is 10.2. The second-order valence-electron chi connectivity index (χ2n) is 4.61. The Kier molecular flexibility index (Phi) is 4.52. The lowest BCUT2D eigenvalue weighted by Gasteiger charge is -1.99. The number of rotatable bonds is 4. The molecule has 0 spiro atoms. The maximum atomic E-state index is 12.9. The molecule has 3 rings (SSSR count). The summed E-state index contributed by atoms with van der Waals surface area (Å²) >= 11 is 3.21. The highest BCUT2D eigenvalue weighted by atomic mass is 32.2. The van der Waals surface area contributed by atoms with Crippen LogP contribution in [0.1, 0.15) is 11.1 Å². The number of hydrogen-bond donors (Lipinski definition) is 0. The number of thiazole rings is 1. The highest BCUT2D eigenvalue weighted by Crippen LogP contribution is 2.30. The Bertz CT molecular complexity index is 819. The predicted molar refractivity (Wildman–Crippen MR) is 88.2 cm³/mol. The predicted octanol–water partition coefficient (Wildman–Crippen LogP) is 5.11. The fraction of sp³-hybridized carbons (Fsp3) is 0.0588. The van der Waals surface area contributed by atoms with Gasteiger partial charge in [0.2, 0.25) is 0 Å². The van der Waals surface area contributed by atoms with Crippen molar-refractivity contribution in [2.24, 2.45) is 0 Å². The summed E-state index contributed by atoms with van der Waals surface area (Å²) in [5.74, 6) is 0.525. The zero-order valence-corrected chi connectivity index (χ0v) is 13.1. The van der Waals surface area contributed by atoms with Gasteiger partial charge in [-0.2, -0.15) is 5.26 Å². The summed E-state index contributed by atoms with van der Waals surface area (Å²) in [7, 11) is 0. The van der Waals surface area contributed by atoms with Crippen LogP contribution in [0.4, 0.5) is 4.39 Å². The van der Waals surface area contributed by atoms with Crippen LogP contribution in [0.3, 0.4) is 0 Å². The molecule has 0 aliphatic rings. The van der Waals surface area contributed by atoms with Crippen molar-refractivity contribution in [3.8, 4) is 17.3 Å². The van der Waals surface area contributed by atoms with E-state index in [1.54, 1.807) is 41.3 Å². The summed E-state index contributed by atoms with van der Waals surface area (Å²) in [5, 5.41) is 10.9. The van der Waals surface area contributed by atoms with E-state index in [1.165, 1.54) is 12.1 Å². The van der Waals surface area contributed by atoms with Gasteiger partial charge in [0.25, 0.3) is 0 Å². The molecule has 1 heterocycles. The van der Waals surface area contributed by atoms with E-state index >= 15 is 0 Å². The molecule has 1 aromatic heterocycles. The zero-order valence-electron chi connectivity index (χ0n) is 11.5. The molecule has 0 saturated heterocycles. The van der Waals surface area contributed by atoms with Gasteiger partial charge in [-0.05, 0) is 42.0 Å². The van der Waals surface area contributed by atoms with E-state index in [-0.39, 0.29) is 5.82 Å². The molecule has 0 aliphatic heterocycles. The minimum atomic E-state index is -0.244. The summed E-state index contributed by atoms with van der Waals surface area (Å²) in [6.07, 6.45) is 0. The molecule has 0 atom stereocenters. The van der Waals surface area contributed by atoms with Crippen molar-refractivity contribution >= 4 is 23.1 Å². The van der Waals surface area contributed by atoms with Gasteiger partial charge in [-0.1, -0.05) is 23.9 Å². The highest BCUT2D eigenvalue weighted by molar-refractivity contribution is 8.00. The Hall–Kier alpha value is -2.16. The Balaban J connectivity index is 1.69. The summed E-state index contributed by atoms with van der Waals surface area (Å²) < 4.78 is 13.9. The van der Waals surface area contributed by atoms with Gasteiger partial charge in [0.1, 0.15) is 5.82 Å². The van der Waals surface area contributed by atoms with E-state index in [1.807, 2.05) is 23.6 Å². The van der Waals surface area contributed by atoms with Gasteiger partial charge >= 0.3 is 0 Å². The Labute approximate surface area is 136 Å². The number of halogens is 1. The molecule has 2 aromatic carbocycles. The van der Waals surface area contributed by atoms with Gasteiger partial charge < -0.3 is 0 Å². The van der Waals surface area contributed by atoms with Crippen molar-refractivity contribution in [3.05, 3.63) is 70.9 Å².